The summed E-state index contributed by atoms with van der Waals surface area (Å²) in [5.41, 5.74) is 5.10. The van der Waals surface area contributed by atoms with Crippen molar-refractivity contribution in [3.8, 4) is 0 Å². The number of hydrogen-bond acceptors (Lipinski definition) is 41. The molecule has 830 valence electrons. The summed E-state index contributed by atoms with van der Waals surface area (Å²) in [6.07, 6.45) is 11.8. The van der Waals surface area contributed by atoms with Crippen molar-refractivity contribution in [1.29, 1.82) is 0 Å². The minimum Gasteiger partial charge on any atom is -0.503 e. The van der Waals surface area contributed by atoms with Crippen LogP contribution in [0.15, 0.2) is 114 Å². The van der Waals surface area contributed by atoms with Crippen LogP contribution < -0.4 is 49.3 Å². The van der Waals surface area contributed by atoms with Crippen LogP contribution in [-0.2, 0) is 33.6 Å². The SMILES string of the molecule is CC(C)C.CC(C)C.CC(C)C1=C(O)C(=O)NC1=O.CC(C)C1=NNC(=O)C1.CC(C)C1NC(=O)NC1=O.CC(C)C1SC(=O)NC1=O.CC(C)c1cn[nH]c1.CC(C)c1n[nH][nH]c1=S.CC(C)c1n[nH]nc1F.CC(C)c1nc(=S)o[nH]1.CC(C)c1ncn[nH]1.CC(C)c1ncno1.CC(C)c1ncns1.CC(C)c1nn[nH]n1.CC(C)n1[nH]nnc1=S.CC(C)n1oc(=O)[nH]c1=O.O=C=O.O=c1cc[nH]o1.O=c1cco[nH]1. The number of imide groups is 3. The van der Waals surface area contributed by atoms with E-state index in [9.17, 15) is 57.1 Å². The molecule has 12 aromatic rings. The van der Waals surface area contributed by atoms with Crippen LogP contribution in [-0.4, -0.2) is 216 Å². The summed E-state index contributed by atoms with van der Waals surface area (Å²) >= 11 is 16.9. The third-order valence-electron chi connectivity index (χ3n) is 16.6. The third kappa shape index (κ3) is 63.7. The predicted octanol–water partition coefficient (Wildman–Crippen LogP) is 14.9. The quantitative estimate of drug-likeness (QED) is 0.0273. The summed E-state index contributed by atoms with van der Waals surface area (Å²) in [6, 6.07) is 2.08. The van der Waals surface area contributed by atoms with Gasteiger partial charge in [-0.1, -0.05) is 252 Å². The summed E-state index contributed by atoms with van der Waals surface area (Å²) < 4.78 is 42.5. The topological polar surface area (TPSA) is 770 Å². The number of nitrogens with zero attached hydrogens (tertiary/aromatic N) is 19. The van der Waals surface area contributed by atoms with Crippen molar-refractivity contribution in [2.45, 2.75) is 313 Å². The molecule has 60 heteroatoms. The van der Waals surface area contributed by atoms with Gasteiger partial charge in [0.15, 0.2) is 17.9 Å². The van der Waals surface area contributed by atoms with Crippen molar-refractivity contribution in [2.24, 2.45) is 40.6 Å². The number of aliphatic hydroxyl groups excluding tert-OH is 1. The fourth-order valence-corrected chi connectivity index (χ4v) is 11.2. The van der Waals surface area contributed by atoms with Crippen molar-refractivity contribution in [3.05, 3.63) is 175 Å². The molecule has 0 bridgehead atoms. The Labute approximate surface area is 884 Å². The Morgan fingerprint density at radius 3 is 1.40 bits per heavy atom. The number of rotatable bonds is 14. The van der Waals surface area contributed by atoms with Crippen LogP contribution in [0.2, 0.25) is 0 Å². The molecule has 0 radical (unpaired) electrons. The highest BCUT2D eigenvalue weighted by Gasteiger charge is 2.35. The van der Waals surface area contributed by atoms with E-state index >= 15 is 0 Å². The number of H-pyrrole nitrogens is 11. The normalized spacial score (nSPS) is 13.1. The predicted molar refractivity (Wildman–Crippen MR) is 560 cm³/mol. The number of nitrogens with one attached hydrogen (secondary N) is 16. The molecule has 149 heavy (non-hydrogen) atoms. The van der Waals surface area contributed by atoms with Crippen LogP contribution in [0, 0.1) is 55.7 Å². The Bertz CT molecular complexity index is 5730. The molecule has 0 spiro atoms. The zero-order valence-corrected chi connectivity index (χ0v) is 94.6. The number of aliphatic hydroxyl groups is 1. The summed E-state index contributed by atoms with van der Waals surface area (Å²) in [7, 11) is 0. The van der Waals surface area contributed by atoms with Crippen LogP contribution in [0.3, 0.4) is 0 Å². The molecule has 8 amide bonds. The number of tetrazole rings is 2. The van der Waals surface area contributed by atoms with Gasteiger partial charge in [-0.3, -0.25) is 64.8 Å². The summed E-state index contributed by atoms with van der Waals surface area (Å²) in [4.78, 5) is 150. The van der Waals surface area contributed by atoms with Gasteiger partial charge in [0.1, 0.15) is 57.6 Å². The smallest absolute Gasteiger partial charge is 0.440 e. The zero-order chi connectivity index (χ0) is 115. The van der Waals surface area contributed by atoms with E-state index in [-0.39, 0.29) is 97.7 Å². The first-order chi connectivity index (χ1) is 69.6. The minimum absolute atomic E-state index is 0.0127. The van der Waals surface area contributed by atoms with Gasteiger partial charge in [-0.05, 0) is 111 Å². The second-order valence-corrected chi connectivity index (χ2v) is 39.5. The lowest BCUT2D eigenvalue weighted by Crippen LogP contribution is -2.33. The number of halogens is 1. The Kier molecular flexibility index (Phi) is 71.7. The van der Waals surface area contributed by atoms with Crippen LogP contribution in [0.5, 0.6) is 0 Å². The molecule has 4 aliphatic rings. The molecule has 17 N–H and O–H groups in total. The van der Waals surface area contributed by atoms with E-state index in [1.807, 2.05) is 133 Å². The first kappa shape index (κ1) is 139. The average molecular weight is 2190 g/mol. The molecule has 0 saturated carbocycles. The maximum Gasteiger partial charge on any atom is 0.440 e. The van der Waals surface area contributed by atoms with Crippen molar-refractivity contribution >= 4 is 113 Å². The molecule has 2 atom stereocenters. The monoisotopic (exact) mass is 2190 g/mol. The first-order valence-corrected chi connectivity index (χ1v) is 49.7. The van der Waals surface area contributed by atoms with E-state index in [1.54, 1.807) is 38.7 Å². The largest absolute Gasteiger partial charge is 0.503 e. The highest BCUT2D eigenvalue weighted by atomic mass is 32.2. The number of carbonyl (C=O) groups is 7. The Balaban J connectivity index is -0.00000152. The zero-order valence-electron chi connectivity index (χ0n) is 90.5. The molecule has 16 rings (SSSR count). The number of hydrogen-bond donors (Lipinski definition) is 17. The highest BCUT2D eigenvalue weighted by molar-refractivity contribution is 8.15. The van der Waals surface area contributed by atoms with Crippen molar-refractivity contribution in [2.75, 3.05) is 0 Å². The van der Waals surface area contributed by atoms with Gasteiger partial charge in [0.25, 0.3) is 34.5 Å². The molecule has 2 fully saturated rings. The van der Waals surface area contributed by atoms with Gasteiger partial charge in [0.2, 0.25) is 22.5 Å². The summed E-state index contributed by atoms with van der Waals surface area (Å²) in [6.45, 7) is 68.2. The molecule has 0 aromatic carbocycles. The second kappa shape index (κ2) is 77.0. The molecule has 4 aliphatic heterocycles. The third-order valence-corrected chi connectivity index (χ3v) is 19.7. The van der Waals surface area contributed by atoms with Gasteiger partial charge in [0, 0.05) is 72.0 Å². The fraction of sp³-hybridized carbons (Fsp3) is 0.596. The van der Waals surface area contributed by atoms with Gasteiger partial charge < -0.3 is 33.0 Å². The number of hydrazone groups is 1. The molecule has 16 heterocycles. The number of urea groups is 1. The number of aromatic amines is 11. The molecule has 12 aromatic heterocycles. The minimum atomic E-state index is -0.710. The average Bonchev–Trinajstić information content (AvgIpc) is 1.68. The van der Waals surface area contributed by atoms with Crippen molar-refractivity contribution in [1.82, 2.24) is 173 Å². The second-order valence-electron chi connectivity index (χ2n) is 36.5. The molecule has 54 nitrogen and oxygen atoms in total. The molecular formula is C89H148FN35O19S5. The van der Waals surface area contributed by atoms with Crippen LogP contribution >= 0.6 is 59.9 Å². The van der Waals surface area contributed by atoms with Crippen LogP contribution in [0.25, 0.3) is 0 Å². The van der Waals surface area contributed by atoms with Gasteiger partial charge in [-0.2, -0.15) is 74.6 Å². The fourth-order valence-electron chi connectivity index (χ4n) is 9.12. The van der Waals surface area contributed by atoms with Crippen LogP contribution in [0.1, 0.15) is 347 Å². The van der Waals surface area contributed by atoms with Gasteiger partial charge in [-0.15, -0.1) is 20.0 Å². The van der Waals surface area contributed by atoms with Crippen molar-refractivity contribution < 1.29 is 75.3 Å². The summed E-state index contributed by atoms with van der Waals surface area (Å²) in [5.74, 6) is 5.51. The highest BCUT2D eigenvalue weighted by Crippen LogP contribution is 2.26. The Morgan fingerprint density at radius 2 is 1.20 bits per heavy atom. The summed E-state index contributed by atoms with van der Waals surface area (Å²) in [5, 5.41) is 87.4. The molecule has 2 unspecified atom stereocenters. The number of amides is 8. The Hall–Kier alpha value is -14.4. The van der Waals surface area contributed by atoms with E-state index < -0.39 is 35.0 Å². The van der Waals surface area contributed by atoms with E-state index in [4.69, 9.17) is 48.2 Å². The number of aromatic nitrogens is 29. The Morgan fingerprint density at radius 1 is 0.584 bits per heavy atom. The van der Waals surface area contributed by atoms with E-state index in [1.165, 1.54) is 54.3 Å². The lowest BCUT2D eigenvalue weighted by Gasteiger charge is -2.09. The molecular weight excluding hydrogens is 2040 g/mol. The van der Waals surface area contributed by atoms with Crippen LogP contribution in [0.4, 0.5) is 14.0 Å². The maximum atomic E-state index is 12.4. The van der Waals surface area contributed by atoms with Crippen molar-refractivity contribution in [3.63, 3.8) is 0 Å². The molecule has 0 aliphatic carbocycles. The molecule has 2 saturated heterocycles. The number of carbonyl (C=O) groups excluding carboxylic acids is 9. The first-order valence-electron chi connectivity index (χ1n) is 46.8. The van der Waals surface area contributed by atoms with E-state index in [2.05, 4.69) is 281 Å². The lowest BCUT2D eigenvalue weighted by atomic mass is 10.0. The lowest BCUT2D eigenvalue weighted by molar-refractivity contribution is -0.191. The standard InChI is InChI=1S/C7H9NO3.C6H10N2O2.C6H10N2O.C6H10N2.C6H9NO2S.C5H8FN3.C5H9N3S.C5H9N3.C5H8N2O3.C5H8N2OS.C5H8N2O.C5H8N2S.C4H8N4S.C4H8N4.2C4H10.2C3H3NO2.CO2/c1-3(2)4-5(9)7(11)8-6(4)10;1-3(2)4-5(9)8-6(10)7-4;1-4(2)5-3-6(9)8-7-5;1-5(2)6-3-7-8-4-6;1-3(2)4-5(8)7-6(9)10-4;1-3(2)4-5(6)8-9-7-4;1-3(2)4-5(9)7-8-6-4;1-4(2)5-6-3-7-8-5;1-3(2)7-4(8)6-5(9)10-7;1-3(2)4-6-5(9)8-7-4;2*1-4(2)5-6-3-7-8-5;1-3(2)8-4(9)5-6-7-8;1-3(2)4-5-7-8-6-4;2*1-4(2)3;5-3-1-2-6-4-3;5-3-1-2-4-6-3;2-1-3/h3H,1-2H3,(H2,8,9,10,11);3-4H,1-2H3,(H2,7,8,9,10);4H,3H2,1-2H3,(H,8,9);3-5H,1-2H3,(H,7,8);3-4H,1-2H3,(H,7,8,9);3H,1-2H3,(H,7,8,9);3H,1-2H3,(H2,6,7,8,9);3-4H,1-2H3,(H,6,7,8);3H,1-2H3,(H,6,8,9);3H,1-2H3,(H,6,7,9);2*3-4H,1-2H3;3H,1-2H3,(H,5,7,9);3H,1-2H3,(H,5,6,7,8);2*4H,1-3H3;1-2H,(H,4,5);1-2,4H;. The van der Waals surface area contributed by atoms with Gasteiger partial charge in [-0.25, -0.2) is 59.8 Å². The van der Waals surface area contributed by atoms with E-state index in [0.717, 1.165) is 62.2 Å². The van der Waals surface area contributed by atoms with Gasteiger partial charge in [0.05, 0.1) is 35.2 Å². The van der Waals surface area contributed by atoms with Gasteiger partial charge >= 0.3 is 34.1 Å². The maximum absolute atomic E-state index is 12.4. The number of thioether (sulfide) groups is 1. The van der Waals surface area contributed by atoms with E-state index in [0.29, 0.717) is 80.8 Å².